The van der Waals surface area contributed by atoms with Crippen LogP contribution in [0.2, 0.25) is 10.0 Å². The van der Waals surface area contributed by atoms with Crippen LogP contribution in [0, 0.1) is 17.8 Å². The van der Waals surface area contributed by atoms with E-state index in [4.69, 9.17) is 27.9 Å². The van der Waals surface area contributed by atoms with Crippen molar-refractivity contribution in [2.24, 2.45) is 17.8 Å². The Balaban J connectivity index is 1.50. The van der Waals surface area contributed by atoms with Gasteiger partial charge in [-0.25, -0.2) is 4.79 Å². The Hall–Kier alpha value is -1.19. The van der Waals surface area contributed by atoms with Crippen molar-refractivity contribution in [2.75, 3.05) is 11.9 Å². The Morgan fingerprint density at radius 1 is 1.25 bits per heavy atom. The normalized spacial score (nSPS) is 26.8. The van der Waals surface area contributed by atoms with Crippen LogP contribution in [0.5, 0.6) is 0 Å². The summed E-state index contributed by atoms with van der Waals surface area (Å²) in [5.74, 6) is 1.73. The first-order chi connectivity index (χ1) is 9.61. The molecule has 1 amide bonds. The Labute approximate surface area is 127 Å². The maximum atomic E-state index is 11.7. The molecule has 1 saturated carbocycles. The number of halogens is 2. The number of carbonyl (C=O) groups excluding carboxylic acids is 1. The van der Waals surface area contributed by atoms with Crippen molar-refractivity contribution in [3.05, 3.63) is 40.4 Å². The molecule has 1 aromatic carbocycles. The molecule has 3 unspecified atom stereocenters. The maximum absolute atomic E-state index is 11.7. The van der Waals surface area contributed by atoms with Gasteiger partial charge in [-0.15, -0.1) is 0 Å². The van der Waals surface area contributed by atoms with Gasteiger partial charge in [0.25, 0.3) is 0 Å². The third-order valence-corrected chi connectivity index (χ3v) is 4.75. The van der Waals surface area contributed by atoms with Gasteiger partial charge in [-0.1, -0.05) is 35.4 Å². The molecule has 3 nitrogen and oxygen atoms in total. The fraction of sp³-hybridized carbons (Fsp3) is 0.400. The van der Waals surface area contributed by atoms with Crippen LogP contribution in [0.15, 0.2) is 30.4 Å². The van der Waals surface area contributed by atoms with Crippen molar-refractivity contribution in [3.8, 4) is 0 Å². The lowest BCUT2D eigenvalue weighted by Crippen LogP contribution is -2.21. The van der Waals surface area contributed by atoms with Crippen LogP contribution in [-0.2, 0) is 4.74 Å². The highest BCUT2D eigenvalue weighted by Gasteiger charge is 2.36. The molecule has 3 atom stereocenters. The molecule has 3 rings (SSSR count). The minimum atomic E-state index is -0.449. The molecule has 2 aliphatic rings. The number of amides is 1. The molecule has 0 spiro atoms. The molecule has 2 bridgehead atoms. The van der Waals surface area contributed by atoms with Crippen LogP contribution in [0.3, 0.4) is 0 Å². The van der Waals surface area contributed by atoms with Crippen molar-refractivity contribution in [2.45, 2.75) is 12.8 Å². The first kappa shape index (κ1) is 13.8. The molecule has 0 radical (unpaired) electrons. The Bertz CT molecular complexity index is 559. The minimum Gasteiger partial charge on any atom is -0.449 e. The highest BCUT2D eigenvalue weighted by molar-refractivity contribution is 6.42. The SMILES string of the molecule is O=C(Nc1ccc(Cl)c(Cl)c1)OCC1CC2C=CC1C2. The number of benzene rings is 1. The molecule has 106 valence electrons. The highest BCUT2D eigenvalue weighted by Crippen LogP contribution is 2.43. The largest absolute Gasteiger partial charge is 0.449 e. The van der Waals surface area contributed by atoms with Crippen molar-refractivity contribution < 1.29 is 9.53 Å². The summed E-state index contributed by atoms with van der Waals surface area (Å²) in [7, 11) is 0. The topological polar surface area (TPSA) is 38.3 Å². The second kappa shape index (κ2) is 5.66. The summed E-state index contributed by atoms with van der Waals surface area (Å²) in [6.45, 7) is 0.471. The van der Waals surface area contributed by atoms with Gasteiger partial charge in [-0.3, -0.25) is 5.32 Å². The van der Waals surface area contributed by atoms with Crippen molar-refractivity contribution >= 4 is 35.0 Å². The summed E-state index contributed by atoms with van der Waals surface area (Å²) in [4.78, 5) is 11.7. The summed E-state index contributed by atoms with van der Waals surface area (Å²) >= 11 is 11.7. The Morgan fingerprint density at radius 3 is 2.75 bits per heavy atom. The van der Waals surface area contributed by atoms with E-state index in [2.05, 4.69) is 17.5 Å². The summed E-state index contributed by atoms with van der Waals surface area (Å²) in [5.41, 5.74) is 0.581. The number of ether oxygens (including phenoxy) is 1. The monoisotopic (exact) mass is 311 g/mol. The third kappa shape index (κ3) is 2.94. The molecule has 0 saturated heterocycles. The molecule has 0 heterocycles. The third-order valence-electron chi connectivity index (χ3n) is 4.01. The lowest BCUT2D eigenvalue weighted by molar-refractivity contribution is 0.134. The molecule has 1 N–H and O–H groups in total. The number of fused-ring (bicyclic) bond motifs is 2. The zero-order valence-electron chi connectivity index (χ0n) is 10.8. The molecular formula is C15H15Cl2NO2. The van der Waals surface area contributed by atoms with Crippen LogP contribution < -0.4 is 5.32 Å². The average molecular weight is 312 g/mol. The standard InChI is InChI=1S/C15H15Cl2NO2/c16-13-4-3-12(7-14(13)17)18-15(19)20-8-11-6-9-1-2-10(11)5-9/h1-4,7,9-11H,5-6,8H2,(H,18,19). The fourth-order valence-corrected chi connectivity index (χ4v) is 3.29. The first-order valence-corrected chi connectivity index (χ1v) is 7.44. The lowest BCUT2D eigenvalue weighted by atomic mass is 9.95. The molecule has 1 fully saturated rings. The van der Waals surface area contributed by atoms with Gasteiger partial charge in [0, 0.05) is 11.6 Å². The van der Waals surface area contributed by atoms with E-state index in [-0.39, 0.29) is 0 Å². The van der Waals surface area contributed by atoms with Gasteiger partial charge >= 0.3 is 6.09 Å². The van der Waals surface area contributed by atoms with E-state index in [1.807, 2.05) is 0 Å². The van der Waals surface area contributed by atoms with Crippen molar-refractivity contribution in [3.63, 3.8) is 0 Å². The van der Waals surface area contributed by atoms with Gasteiger partial charge in [0.15, 0.2) is 0 Å². The van der Waals surface area contributed by atoms with Gasteiger partial charge in [-0.05, 0) is 42.9 Å². The van der Waals surface area contributed by atoms with Crippen molar-refractivity contribution in [1.82, 2.24) is 0 Å². The van der Waals surface area contributed by atoms with Gasteiger partial charge in [-0.2, -0.15) is 0 Å². The molecular weight excluding hydrogens is 297 g/mol. The van der Waals surface area contributed by atoms with Crippen molar-refractivity contribution in [1.29, 1.82) is 0 Å². The van der Waals surface area contributed by atoms with E-state index in [0.717, 1.165) is 6.42 Å². The van der Waals surface area contributed by atoms with Gasteiger partial charge in [0.05, 0.1) is 16.7 Å². The predicted octanol–water partition coefficient (Wildman–Crippen LogP) is 4.75. The number of rotatable bonds is 3. The highest BCUT2D eigenvalue weighted by atomic mass is 35.5. The zero-order valence-corrected chi connectivity index (χ0v) is 12.3. The van der Waals surface area contributed by atoms with E-state index in [1.165, 1.54) is 6.42 Å². The molecule has 1 aromatic rings. The number of nitrogens with one attached hydrogen (secondary N) is 1. The number of hydrogen-bond donors (Lipinski definition) is 1. The summed E-state index contributed by atoms with van der Waals surface area (Å²) in [6, 6.07) is 4.93. The summed E-state index contributed by atoms with van der Waals surface area (Å²) in [6.07, 6.45) is 6.41. The van der Waals surface area contributed by atoms with Gasteiger partial charge < -0.3 is 4.74 Å². The summed E-state index contributed by atoms with van der Waals surface area (Å²) in [5, 5.41) is 3.52. The van der Waals surface area contributed by atoms with E-state index in [1.54, 1.807) is 18.2 Å². The van der Waals surface area contributed by atoms with Crippen LogP contribution in [-0.4, -0.2) is 12.7 Å². The van der Waals surface area contributed by atoms with E-state index < -0.39 is 6.09 Å². The maximum Gasteiger partial charge on any atom is 0.411 e. The molecule has 2 aliphatic carbocycles. The number of carbonyl (C=O) groups is 1. The van der Waals surface area contributed by atoms with Gasteiger partial charge in [0.1, 0.15) is 0 Å². The van der Waals surface area contributed by atoms with Crippen LogP contribution in [0.1, 0.15) is 12.8 Å². The summed E-state index contributed by atoms with van der Waals surface area (Å²) < 4.78 is 5.29. The van der Waals surface area contributed by atoms with Crippen LogP contribution in [0.25, 0.3) is 0 Å². The number of allylic oxidation sites excluding steroid dienone is 2. The number of anilines is 1. The fourth-order valence-electron chi connectivity index (χ4n) is 3.00. The molecule has 0 aliphatic heterocycles. The first-order valence-electron chi connectivity index (χ1n) is 6.69. The lowest BCUT2D eigenvalue weighted by Gasteiger charge is -2.17. The second-order valence-corrected chi connectivity index (χ2v) is 6.21. The van der Waals surface area contributed by atoms with Gasteiger partial charge in [0.2, 0.25) is 0 Å². The minimum absolute atomic E-state index is 0.405. The van der Waals surface area contributed by atoms with E-state index in [9.17, 15) is 4.79 Å². The Morgan fingerprint density at radius 2 is 2.10 bits per heavy atom. The van der Waals surface area contributed by atoms with E-state index >= 15 is 0 Å². The molecule has 20 heavy (non-hydrogen) atoms. The quantitative estimate of drug-likeness (QED) is 0.818. The molecule has 5 heteroatoms. The average Bonchev–Trinajstić information content (AvgIpc) is 3.03. The number of hydrogen-bond acceptors (Lipinski definition) is 2. The molecule has 0 aromatic heterocycles. The van der Waals surface area contributed by atoms with E-state index in [0.29, 0.717) is 40.1 Å². The zero-order chi connectivity index (χ0) is 14.1. The predicted molar refractivity (Wildman–Crippen MR) is 80.3 cm³/mol. The van der Waals surface area contributed by atoms with Crippen LogP contribution in [0.4, 0.5) is 10.5 Å². The second-order valence-electron chi connectivity index (χ2n) is 5.39. The van der Waals surface area contributed by atoms with Crippen LogP contribution >= 0.6 is 23.2 Å². The Kier molecular flexibility index (Phi) is 3.90. The smallest absolute Gasteiger partial charge is 0.411 e.